The van der Waals surface area contributed by atoms with Crippen molar-refractivity contribution in [2.45, 2.75) is 104 Å². The molecule has 16 nitrogen and oxygen atoms in total. The van der Waals surface area contributed by atoms with Crippen molar-refractivity contribution in [1.82, 2.24) is 0 Å². The zero-order valence-electron chi connectivity index (χ0n) is 37.9. The molecule has 354 valence electrons. The van der Waals surface area contributed by atoms with Gasteiger partial charge < -0.3 is 37.9 Å². The molecule has 0 amide bonds. The Labute approximate surface area is 383 Å². The van der Waals surface area contributed by atoms with E-state index >= 15 is 0 Å². The van der Waals surface area contributed by atoms with Crippen LogP contribution in [0.15, 0.2) is 72.8 Å². The van der Waals surface area contributed by atoms with Gasteiger partial charge in [-0.05, 0) is 83.6 Å². The molecule has 2 unspecified atom stereocenters. The highest BCUT2D eigenvalue weighted by Crippen LogP contribution is 2.28. The normalized spacial score (nSPS) is 11.8. The third-order valence-electron chi connectivity index (χ3n) is 10.3. The lowest BCUT2D eigenvalue weighted by molar-refractivity contribution is -0.168. The van der Waals surface area contributed by atoms with E-state index in [1.54, 1.807) is 86.6 Å². The summed E-state index contributed by atoms with van der Waals surface area (Å²) >= 11 is 0. The number of ether oxygens (including phenoxy) is 8. The van der Waals surface area contributed by atoms with Crippen LogP contribution in [0.2, 0.25) is 0 Å². The Hall–Kier alpha value is -6.84. The van der Waals surface area contributed by atoms with E-state index in [4.69, 9.17) is 37.9 Å². The van der Waals surface area contributed by atoms with E-state index in [-0.39, 0.29) is 11.9 Å². The predicted molar refractivity (Wildman–Crippen MR) is 239 cm³/mol. The molecule has 0 fully saturated rings. The molecule has 4 rings (SSSR count). The molecule has 0 aliphatic rings. The van der Waals surface area contributed by atoms with Crippen LogP contribution >= 0.6 is 0 Å². The third-order valence-corrected chi connectivity index (χ3v) is 10.3. The minimum atomic E-state index is -0.996. The largest absolute Gasteiger partial charge is 0.460 e. The second-order valence-electron chi connectivity index (χ2n) is 15.5. The summed E-state index contributed by atoms with van der Waals surface area (Å²) in [7, 11) is 0. The second kappa shape index (κ2) is 27.5. The van der Waals surface area contributed by atoms with Gasteiger partial charge in [-0.15, -0.1) is 0 Å². The highest BCUT2D eigenvalue weighted by Gasteiger charge is 2.22. The Balaban J connectivity index is 1.05. The fourth-order valence-corrected chi connectivity index (χ4v) is 6.45. The summed E-state index contributed by atoms with van der Waals surface area (Å²) in [5.74, 6) is -6.52. The van der Waals surface area contributed by atoms with Crippen LogP contribution in [0.5, 0.6) is 11.5 Å². The van der Waals surface area contributed by atoms with Gasteiger partial charge in [-0.2, -0.15) is 0 Å². The Kier molecular flexibility index (Phi) is 21.6. The van der Waals surface area contributed by atoms with Crippen molar-refractivity contribution in [3.63, 3.8) is 0 Å². The van der Waals surface area contributed by atoms with Gasteiger partial charge in [-0.3, -0.25) is 19.2 Å². The maximum Gasteiger partial charge on any atom is 0.344 e. The molecule has 0 aromatic heterocycles. The van der Waals surface area contributed by atoms with Gasteiger partial charge in [0, 0.05) is 12.8 Å². The summed E-state index contributed by atoms with van der Waals surface area (Å²) in [4.78, 5) is 97.9. The second-order valence-corrected chi connectivity index (χ2v) is 15.5. The summed E-state index contributed by atoms with van der Waals surface area (Å²) in [5, 5.41) is 3.22. The van der Waals surface area contributed by atoms with Crippen molar-refractivity contribution >= 4 is 69.3 Å². The molecule has 0 bridgehead atoms. The minimum absolute atomic E-state index is 0.288. The molecule has 0 N–H and O–H groups in total. The number of fused-ring (bicyclic) bond motifs is 2. The topological polar surface area (TPSA) is 210 Å². The van der Waals surface area contributed by atoms with Gasteiger partial charge in [-0.1, -0.05) is 101 Å². The maximum atomic E-state index is 12.7. The number of carbonyl (C=O) groups is 8. The number of hydrogen-bond donors (Lipinski definition) is 0. The summed E-state index contributed by atoms with van der Waals surface area (Å²) in [5.41, 5.74) is 1.25. The van der Waals surface area contributed by atoms with E-state index in [1.165, 1.54) is 0 Å². The highest BCUT2D eigenvalue weighted by atomic mass is 16.6. The predicted octanol–water partition coefficient (Wildman–Crippen LogP) is 7.91. The van der Waals surface area contributed by atoms with Crippen molar-refractivity contribution in [3.8, 4) is 11.5 Å². The van der Waals surface area contributed by atoms with Crippen molar-refractivity contribution in [2.75, 3.05) is 39.6 Å². The fourth-order valence-electron chi connectivity index (χ4n) is 6.45. The zero-order chi connectivity index (χ0) is 47.8. The molecular formula is C50H58O16. The molecule has 0 spiro atoms. The quantitative estimate of drug-likeness (QED) is 0.0241. The van der Waals surface area contributed by atoms with Crippen LogP contribution < -0.4 is 9.47 Å². The number of esters is 8. The Morgan fingerprint density at radius 3 is 1.14 bits per heavy atom. The number of benzene rings is 4. The lowest BCUT2D eigenvalue weighted by Crippen LogP contribution is -2.25. The third kappa shape index (κ3) is 18.0. The van der Waals surface area contributed by atoms with Gasteiger partial charge in [0.2, 0.25) is 0 Å². The molecule has 0 radical (unpaired) electrons. The van der Waals surface area contributed by atoms with Crippen molar-refractivity contribution in [2.24, 2.45) is 0 Å². The van der Waals surface area contributed by atoms with E-state index in [1.807, 2.05) is 0 Å². The standard InChI is InChI=1S/C50H58O16/c1-5-7-9-11-13-43(51)65-41-21-19-37-25-35(15-17-39(37)27-41)33(3)49(57)63-31-47(55)61-29-45(53)59-23-24-60-46(54)30-62-48(56)32-64-50(58)34(4)36-16-18-40-28-42(22-20-38(40)26-36)66-44(52)14-12-10-8-6-2/h15-22,25-28,33-34H,5-14,23-24,29-32H2,1-4H3. The first-order chi connectivity index (χ1) is 31.8. The molecule has 16 heteroatoms. The first-order valence-electron chi connectivity index (χ1n) is 22.2. The first kappa shape index (κ1) is 51.8. The number of rotatable bonds is 27. The first-order valence-corrected chi connectivity index (χ1v) is 22.2. The molecular weight excluding hydrogens is 857 g/mol. The van der Waals surface area contributed by atoms with Crippen molar-refractivity contribution in [3.05, 3.63) is 83.9 Å². The summed E-state index contributed by atoms with van der Waals surface area (Å²) in [6.45, 7) is 3.52. The van der Waals surface area contributed by atoms with E-state index in [0.717, 1.165) is 72.9 Å². The van der Waals surface area contributed by atoms with Crippen LogP contribution in [0.3, 0.4) is 0 Å². The van der Waals surface area contributed by atoms with Crippen LogP contribution in [0.25, 0.3) is 21.5 Å². The highest BCUT2D eigenvalue weighted by molar-refractivity contribution is 5.89. The van der Waals surface area contributed by atoms with E-state index in [0.29, 0.717) is 35.5 Å². The molecule has 0 heterocycles. The lowest BCUT2D eigenvalue weighted by Gasteiger charge is -2.13. The van der Waals surface area contributed by atoms with Crippen molar-refractivity contribution < 1.29 is 76.3 Å². The molecule has 0 aliphatic carbocycles. The van der Waals surface area contributed by atoms with Crippen LogP contribution in [-0.2, 0) is 66.8 Å². The summed E-state index contributed by atoms with van der Waals surface area (Å²) < 4.78 is 40.4. The Morgan fingerprint density at radius 2 is 0.742 bits per heavy atom. The van der Waals surface area contributed by atoms with Crippen LogP contribution in [0, 0.1) is 0 Å². The van der Waals surface area contributed by atoms with E-state index in [2.05, 4.69) is 13.8 Å². The lowest BCUT2D eigenvalue weighted by atomic mass is 9.98. The Morgan fingerprint density at radius 1 is 0.394 bits per heavy atom. The smallest absolute Gasteiger partial charge is 0.344 e. The van der Waals surface area contributed by atoms with Gasteiger partial charge in [0.05, 0.1) is 11.8 Å². The number of unbranched alkanes of at least 4 members (excludes halogenated alkanes) is 6. The average Bonchev–Trinajstić information content (AvgIpc) is 3.31. The molecule has 0 saturated heterocycles. The zero-order valence-corrected chi connectivity index (χ0v) is 37.9. The van der Waals surface area contributed by atoms with Gasteiger partial charge >= 0.3 is 47.8 Å². The van der Waals surface area contributed by atoms with Gasteiger partial charge in [-0.25, -0.2) is 19.2 Å². The van der Waals surface area contributed by atoms with E-state index in [9.17, 15) is 38.4 Å². The maximum absolute atomic E-state index is 12.7. The van der Waals surface area contributed by atoms with Crippen LogP contribution in [-0.4, -0.2) is 87.4 Å². The minimum Gasteiger partial charge on any atom is -0.460 e. The number of carbonyl (C=O) groups excluding carboxylic acids is 8. The van der Waals surface area contributed by atoms with Gasteiger partial charge in [0.25, 0.3) is 0 Å². The number of hydrogen-bond acceptors (Lipinski definition) is 16. The van der Waals surface area contributed by atoms with Crippen LogP contribution in [0.4, 0.5) is 0 Å². The molecule has 4 aromatic carbocycles. The molecule has 66 heavy (non-hydrogen) atoms. The Bertz CT molecular complexity index is 2160. The molecule has 2 atom stereocenters. The molecule has 0 saturated carbocycles. The van der Waals surface area contributed by atoms with E-state index < -0.39 is 87.3 Å². The fraction of sp³-hybridized carbons (Fsp3) is 0.440. The molecule has 4 aromatic rings. The van der Waals surface area contributed by atoms with Crippen LogP contribution in [0.1, 0.15) is 115 Å². The van der Waals surface area contributed by atoms with Gasteiger partial charge in [0.1, 0.15) is 24.7 Å². The average molecular weight is 915 g/mol. The monoisotopic (exact) mass is 914 g/mol. The SMILES string of the molecule is CCCCCCC(=O)Oc1ccc2cc(C(C)C(=O)OCC(=O)OCC(=O)OCCOC(=O)COC(=O)COC(=O)C(C)c3ccc4cc(OC(=O)CCCCCC)ccc4c3)ccc2c1. The summed E-state index contributed by atoms with van der Waals surface area (Å²) in [6, 6.07) is 21.0. The summed E-state index contributed by atoms with van der Waals surface area (Å²) in [6.07, 6.45) is 8.51. The molecule has 0 aliphatic heterocycles. The van der Waals surface area contributed by atoms with Crippen molar-refractivity contribution in [1.29, 1.82) is 0 Å². The van der Waals surface area contributed by atoms with Gasteiger partial charge in [0.15, 0.2) is 26.4 Å².